The Morgan fingerprint density at radius 1 is 1.57 bits per heavy atom. The van der Waals surface area contributed by atoms with Crippen molar-refractivity contribution in [2.24, 2.45) is 0 Å². The minimum absolute atomic E-state index is 0.718. The van der Waals surface area contributed by atoms with Crippen LogP contribution in [0.15, 0.2) is 0 Å². The SMILES string of the molecule is O=S([O-])N1CCC1. The van der Waals surface area contributed by atoms with Crippen LogP contribution in [0.2, 0.25) is 0 Å². The fraction of sp³-hybridized carbons (Fsp3) is 1.00. The molecule has 1 rings (SSSR count). The lowest BCUT2D eigenvalue weighted by molar-refractivity contribution is 0.297. The molecule has 1 aliphatic rings. The fourth-order valence-corrected chi connectivity index (χ4v) is 0.993. The van der Waals surface area contributed by atoms with Crippen molar-refractivity contribution in [2.45, 2.75) is 6.42 Å². The molecule has 1 unspecified atom stereocenters. The van der Waals surface area contributed by atoms with Gasteiger partial charge in [0.05, 0.1) is 0 Å². The first kappa shape index (κ1) is 5.21. The molecule has 0 amide bonds. The maximum Gasteiger partial charge on any atom is 0.0209 e. The Morgan fingerprint density at radius 3 is 2.14 bits per heavy atom. The van der Waals surface area contributed by atoms with Crippen molar-refractivity contribution in [3.8, 4) is 0 Å². The van der Waals surface area contributed by atoms with Gasteiger partial charge < -0.3 is 4.55 Å². The van der Waals surface area contributed by atoms with E-state index in [0.717, 1.165) is 19.5 Å². The van der Waals surface area contributed by atoms with E-state index in [0.29, 0.717) is 0 Å². The van der Waals surface area contributed by atoms with Crippen LogP contribution in [0, 0.1) is 0 Å². The van der Waals surface area contributed by atoms with Crippen molar-refractivity contribution in [3.05, 3.63) is 0 Å². The van der Waals surface area contributed by atoms with Gasteiger partial charge in [-0.25, -0.2) is 4.31 Å². The van der Waals surface area contributed by atoms with Crippen LogP contribution in [0.1, 0.15) is 6.42 Å². The van der Waals surface area contributed by atoms with Gasteiger partial charge in [0.2, 0.25) is 0 Å². The molecule has 0 N–H and O–H groups in total. The number of nitrogens with zero attached hydrogens (tertiary/aromatic N) is 1. The quantitative estimate of drug-likeness (QED) is 0.437. The normalized spacial score (nSPS) is 26.4. The molecule has 0 aliphatic carbocycles. The van der Waals surface area contributed by atoms with E-state index in [9.17, 15) is 8.76 Å². The second kappa shape index (κ2) is 1.90. The van der Waals surface area contributed by atoms with Crippen LogP contribution in [0.4, 0.5) is 0 Å². The molecule has 3 nitrogen and oxygen atoms in total. The highest BCUT2D eigenvalue weighted by molar-refractivity contribution is 7.76. The first-order valence-corrected chi connectivity index (χ1v) is 3.18. The van der Waals surface area contributed by atoms with Crippen molar-refractivity contribution in [1.29, 1.82) is 0 Å². The second-order valence-electron chi connectivity index (χ2n) is 1.50. The van der Waals surface area contributed by atoms with E-state index in [-0.39, 0.29) is 0 Å². The van der Waals surface area contributed by atoms with E-state index in [2.05, 4.69) is 0 Å². The summed E-state index contributed by atoms with van der Waals surface area (Å²) in [5.41, 5.74) is 0. The molecule has 1 saturated heterocycles. The standard InChI is InChI=1S/C3H7NO2S/c5-7(6)4-2-1-3-4/h1-3H2,(H,5,6)/p-1. The second-order valence-corrected chi connectivity index (χ2v) is 2.45. The first-order chi connectivity index (χ1) is 3.30. The van der Waals surface area contributed by atoms with Gasteiger partial charge in [-0.05, 0) is 6.42 Å². The molecule has 0 saturated carbocycles. The third kappa shape index (κ3) is 0.992. The third-order valence-corrected chi connectivity index (χ3v) is 1.81. The summed E-state index contributed by atoms with van der Waals surface area (Å²) in [6, 6.07) is 0. The Morgan fingerprint density at radius 2 is 2.14 bits per heavy atom. The van der Waals surface area contributed by atoms with Crippen LogP contribution < -0.4 is 0 Å². The average Bonchev–Trinajstić information content (AvgIpc) is 1.23. The zero-order chi connectivity index (χ0) is 5.28. The van der Waals surface area contributed by atoms with E-state index in [1.807, 2.05) is 0 Å². The van der Waals surface area contributed by atoms with Gasteiger partial charge in [0.1, 0.15) is 0 Å². The van der Waals surface area contributed by atoms with Gasteiger partial charge in [0.25, 0.3) is 0 Å². The summed E-state index contributed by atoms with van der Waals surface area (Å²) < 4.78 is 21.2. The van der Waals surface area contributed by atoms with Gasteiger partial charge in [-0.3, -0.25) is 4.21 Å². The predicted molar refractivity (Wildman–Crippen MR) is 25.1 cm³/mol. The molecule has 7 heavy (non-hydrogen) atoms. The van der Waals surface area contributed by atoms with Crippen molar-refractivity contribution in [3.63, 3.8) is 0 Å². The maximum absolute atomic E-state index is 9.91. The lowest BCUT2D eigenvalue weighted by Gasteiger charge is -2.31. The fourth-order valence-electron chi connectivity index (χ4n) is 0.436. The van der Waals surface area contributed by atoms with Gasteiger partial charge >= 0.3 is 0 Å². The molecule has 0 spiro atoms. The Bertz CT molecular complexity index is 90.9. The average molecular weight is 120 g/mol. The van der Waals surface area contributed by atoms with Crippen LogP contribution in [-0.2, 0) is 11.3 Å². The molecule has 1 heterocycles. The smallest absolute Gasteiger partial charge is 0.0209 e. The number of rotatable bonds is 1. The molecular formula is C3H6NO2S-. The highest BCUT2D eigenvalue weighted by Gasteiger charge is 2.12. The molecule has 1 aliphatic heterocycles. The molecule has 0 aromatic rings. The number of hydrogen-bond donors (Lipinski definition) is 0. The Labute approximate surface area is 44.7 Å². The van der Waals surface area contributed by atoms with E-state index in [1.54, 1.807) is 0 Å². The van der Waals surface area contributed by atoms with E-state index < -0.39 is 11.3 Å². The summed E-state index contributed by atoms with van der Waals surface area (Å²) >= 11 is -1.94. The highest BCUT2D eigenvalue weighted by atomic mass is 32.2. The zero-order valence-electron chi connectivity index (χ0n) is 3.79. The van der Waals surface area contributed by atoms with Crippen molar-refractivity contribution in [2.75, 3.05) is 13.1 Å². The van der Waals surface area contributed by atoms with Crippen LogP contribution in [0.25, 0.3) is 0 Å². The molecule has 4 heteroatoms. The van der Waals surface area contributed by atoms with Crippen molar-refractivity contribution < 1.29 is 8.76 Å². The minimum Gasteiger partial charge on any atom is -0.760 e. The van der Waals surface area contributed by atoms with Gasteiger partial charge in [-0.15, -0.1) is 0 Å². The molecule has 0 radical (unpaired) electrons. The van der Waals surface area contributed by atoms with Crippen LogP contribution in [0.3, 0.4) is 0 Å². The molecule has 1 fully saturated rings. The lowest BCUT2D eigenvalue weighted by Crippen LogP contribution is -2.38. The molecule has 0 aromatic heterocycles. The molecular weight excluding hydrogens is 114 g/mol. The molecule has 0 bridgehead atoms. The largest absolute Gasteiger partial charge is 0.760 e. The van der Waals surface area contributed by atoms with Crippen LogP contribution >= 0.6 is 0 Å². The van der Waals surface area contributed by atoms with Crippen molar-refractivity contribution >= 4 is 11.3 Å². The van der Waals surface area contributed by atoms with E-state index in [4.69, 9.17) is 0 Å². The highest BCUT2D eigenvalue weighted by Crippen LogP contribution is 2.05. The Balaban J connectivity index is 2.27. The van der Waals surface area contributed by atoms with Gasteiger partial charge in [-0.1, -0.05) is 0 Å². The van der Waals surface area contributed by atoms with Crippen LogP contribution in [0.5, 0.6) is 0 Å². The Kier molecular flexibility index (Phi) is 1.41. The first-order valence-electron chi connectivity index (χ1n) is 2.15. The summed E-state index contributed by atoms with van der Waals surface area (Å²) in [5.74, 6) is 0. The number of hydrogen-bond acceptors (Lipinski definition) is 2. The summed E-state index contributed by atoms with van der Waals surface area (Å²) in [7, 11) is 0. The summed E-state index contributed by atoms with van der Waals surface area (Å²) in [6.07, 6.45) is 1.02. The van der Waals surface area contributed by atoms with Gasteiger partial charge in [-0.2, -0.15) is 0 Å². The molecule has 1 atom stereocenters. The topological polar surface area (TPSA) is 43.4 Å². The van der Waals surface area contributed by atoms with Crippen molar-refractivity contribution in [1.82, 2.24) is 4.31 Å². The maximum atomic E-state index is 9.91. The zero-order valence-corrected chi connectivity index (χ0v) is 4.61. The lowest BCUT2D eigenvalue weighted by atomic mass is 10.3. The molecule has 42 valence electrons. The van der Waals surface area contributed by atoms with Crippen LogP contribution in [-0.4, -0.2) is 26.2 Å². The minimum atomic E-state index is -1.94. The predicted octanol–water partition coefficient (Wildman–Crippen LogP) is -0.514. The van der Waals surface area contributed by atoms with E-state index in [1.165, 1.54) is 4.31 Å². The summed E-state index contributed by atoms with van der Waals surface area (Å²) in [5, 5.41) is 0. The van der Waals surface area contributed by atoms with E-state index >= 15 is 0 Å². The Hall–Kier alpha value is 0.0700. The summed E-state index contributed by atoms with van der Waals surface area (Å²) in [4.78, 5) is 0. The monoisotopic (exact) mass is 120 g/mol. The third-order valence-electron chi connectivity index (χ3n) is 1.03. The molecule has 0 aromatic carbocycles. The van der Waals surface area contributed by atoms with Gasteiger partial charge in [0, 0.05) is 24.4 Å². The van der Waals surface area contributed by atoms with Gasteiger partial charge in [0.15, 0.2) is 0 Å². The summed E-state index contributed by atoms with van der Waals surface area (Å²) in [6.45, 7) is 1.44.